The number of methoxy groups -OCH3 is 2. The lowest BCUT2D eigenvalue weighted by Crippen LogP contribution is -2.53. The summed E-state index contributed by atoms with van der Waals surface area (Å²) < 4.78 is 9.18. The number of carboxylic acid groups (broad SMARTS) is 1. The van der Waals surface area contributed by atoms with E-state index in [0.29, 0.717) is 18.6 Å². The molecule has 1 fully saturated rings. The first-order valence-electron chi connectivity index (χ1n) is 6.98. The van der Waals surface area contributed by atoms with E-state index in [-0.39, 0.29) is 23.8 Å². The first-order chi connectivity index (χ1) is 10.5. The van der Waals surface area contributed by atoms with Gasteiger partial charge in [0.2, 0.25) is 0 Å². The molecule has 0 aromatic heterocycles. The first kappa shape index (κ1) is 18.4. The number of hydrogen-bond acceptors (Lipinski definition) is 7. The molecule has 0 bridgehead atoms. The second kappa shape index (κ2) is 9.39. The quantitative estimate of drug-likeness (QED) is 0.623. The van der Waals surface area contributed by atoms with Crippen molar-refractivity contribution in [2.24, 2.45) is 0 Å². The number of aliphatic carboxylic acids is 1. The normalized spacial score (nSPS) is 23.6. The topological polar surface area (TPSA) is 117 Å². The van der Waals surface area contributed by atoms with Gasteiger partial charge in [-0.05, 0) is 19.3 Å². The first-order valence-corrected chi connectivity index (χ1v) is 8.03. The predicted molar refractivity (Wildman–Crippen MR) is 78.4 cm³/mol. The van der Waals surface area contributed by atoms with Crippen molar-refractivity contribution < 1.29 is 29.0 Å². The van der Waals surface area contributed by atoms with Crippen LogP contribution < -0.4 is 15.7 Å². The van der Waals surface area contributed by atoms with Gasteiger partial charge < -0.3 is 30.0 Å². The molecule has 1 aliphatic rings. The Bertz CT molecular complexity index is 406. The van der Waals surface area contributed by atoms with E-state index in [1.807, 2.05) is 0 Å². The van der Waals surface area contributed by atoms with Crippen LogP contribution in [0.4, 0.5) is 9.59 Å². The van der Waals surface area contributed by atoms with Crippen LogP contribution in [0.15, 0.2) is 0 Å². The Morgan fingerprint density at radius 3 is 2.36 bits per heavy atom. The summed E-state index contributed by atoms with van der Waals surface area (Å²) in [5, 5.41) is 15.9. The minimum atomic E-state index is -1.06. The minimum absolute atomic E-state index is 0.0241. The molecule has 1 aliphatic heterocycles. The highest BCUT2D eigenvalue weighted by Crippen LogP contribution is 2.31. The summed E-state index contributed by atoms with van der Waals surface area (Å²) in [6.07, 6.45) is 0.862. The third kappa shape index (κ3) is 6.00. The zero-order valence-electron chi connectivity index (χ0n) is 12.6. The molecule has 2 N–H and O–H groups in total. The maximum atomic E-state index is 11.5. The molecule has 1 heterocycles. The van der Waals surface area contributed by atoms with Gasteiger partial charge in [-0.25, -0.2) is 9.59 Å². The van der Waals surface area contributed by atoms with Gasteiger partial charge in [0.1, 0.15) is 0 Å². The molecule has 8 nitrogen and oxygen atoms in total. The standard InChI is InChI=1S/C13H22N2O6S/c1-20-12(18)14-8-7-22-9(5-3-4-6-10(16)17)11(8)15-13(19)21-2/h8-9,11H,3-7H2,1-2H3,(H,14,18)(H,15,19)(H,16,17)/p-1/t8-,9+,11+/m0/s1. The third-order valence-electron chi connectivity index (χ3n) is 3.40. The SMILES string of the molecule is COC(=O)N[C@@H]1[C@@H](NC(=O)OC)CS[C@@H]1CCCCC(=O)[O-]. The number of amides is 2. The van der Waals surface area contributed by atoms with E-state index in [4.69, 9.17) is 0 Å². The molecule has 0 aliphatic carbocycles. The van der Waals surface area contributed by atoms with Crippen LogP contribution in [-0.2, 0) is 14.3 Å². The molecule has 126 valence electrons. The van der Waals surface area contributed by atoms with Crippen LogP contribution in [0.3, 0.4) is 0 Å². The lowest BCUT2D eigenvalue weighted by molar-refractivity contribution is -0.305. The van der Waals surface area contributed by atoms with Crippen LogP contribution in [-0.4, -0.2) is 55.5 Å². The van der Waals surface area contributed by atoms with Crippen molar-refractivity contribution in [1.82, 2.24) is 10.6 Å². The molecular formula is C13H21N2O6S-. The van der Waals surface area contributed by atoms with E-state index in [2.05, 4.69) is 20.1 Å². The number of nitrogens with one attached hydrogen (secondary N) is 2. The summed E-state index contributed by atoms with van der Waals surface area (Å²) in [6.45, 7) is 0. The van der Waals surface area contributed by atoms with Gasteiger partial charge in [-0.1, -0.05) is 6.42 Å². The Morgan fingerprint density at radius 2 is 1.77 bits per heavy atom. The number of alkyl carbamates (subject to hydrolysis) is 2. The van der Waals surface area contributed by atoms with Gasteiger partial charge in [-0.3, -0.25) is 0 Å². The Hall–Kier alpha value is -1.64. The number of hydrogen-bond donors (Lipinski definition) is 2. The lowest BCUT2D eigenvalue weighted by Gasteiger charge is -2.25. The van der Waals surface area contributed by atoms with Gasteiger partial charge in [0.25, 0.3) is 0 Å². The highest BCUT2D eigenvalue weighted by molar-refractivity contribution is 8.00. The van der Waals surface area contributed by atoms with Crippen molar-refractivity contribution in [2.75, 3.05) is 20.0 Å². The number of ether oxygens (including phenoxy) is 2. The Kier molecular flexibility index (Phi) is 7.86. The molecule has 3 atom stereocenters. The van der Waals surface area contributed by atoms with Crippen LogP contribution in [0.5, 0.6) is 0 Å². The monoisotopic (exact) mass is 333 g/mol. The van der Waals surface area contributed by atoms with E-state index >= 15 is 0 Å². The summed E-state index contributed by atoms with van der Waals surface area (Å²) in [5.74, 6) is -0.428. The Morgan fingerprint density at radius 1 is 1.14 bits per heavy atom. The number of carbonyl (C=O) groups is 3. The molecular weight excluding hydrogens is 312 g/mol. The summed E-state index contributed by atoms with van der Waals surface area (Å²) in [4.78, 5) is 33.2. The molecule has 0 saturated carbocycles. The van der Waals surface area contributed by atoms with Crippen LogP contribution in [0.25, 0.3) is 0 Å². The van der Waals surface area contributed by atoms with Gasteiger partial charge in [0.15, 0.2) is 0 Å². The second-order valence-electron chi connectivity index (χ2n) is 4.89. The maximum Gasteiger partial charge on any atom is 0.407 e. The largest absolute Gasteiger partial charge is 0.550 e. The highest BCUT2D eigenvalue weighted by Gasteiger charge is 2.38. The van der Waals surface area contributed by atoms with E-state index in [9.17, 15) is 19.5 Å². The van der Waals surface area contributed by atoms with Crippen molar-refractivity contribution in [3.8, 4) is 0 Å². The highest BCUT2D eigenvalue weighted by atomic mass is 32.2. The predicted octanol–water partition coefficient (Wildman–Crippen LogP) is -0.139. The van der Waals surface area contributed by atoms with E-state index in [0.717, 1.165) is 6.42 Å². The van der Waals surface area contributed by atoms with Crippen LogP contribution >= 0.6 is 11.8 Å². The minimum Gasteiger partial charge on any atom is -0.550 e. The number of thioether (sulfide) groups is 1. The van der Waals surface area contributed by atoms with Crippen LogP contribution in [0.1, 0.15) is 25.7 Å². The zero-order chi connectivity index (χ0) is 16.5. The number of carbonyl (C=O) groups excluding carboxylic acids is 3. The number of carboxylic acids is 1. The van der Waals surface area contributed by atoms with Crippen molar-refractivity contribution in [2.45, 2.75) is 43.0 Å². The fourth-order valence-corrected chi connectivity index (χ4v) is 3.85. The van der Waals surface area contributed by atoms with Crippen LogP contribution in [0, 0.1) is 0 Å². The van der Waals surface area contributed by atoms with E-state index in [1.54, 1.807) is 11.8 Å². The summed E-state index contributed by atoms with van der Waals surface area (Å²) in [6, 6.07) is -0.554. The molecule has 0 spiro atoms. The summed E-state index contributed by atoms with van der Waals surface area (Å²) in [5.41, 5.74) is 0. The average Bonchev–Trinajstić information content (AvgIpc) is 2.85. The third-order valence-corrected chi connectivity index (χ3v) is 4.91. The lowest BCUT2D eigenvalue weighted by atomic mass is 10.0. The van der Waals surface area contributed by atoms with Crippen molar-refractivity contribution in [3.63, 3.8) is 0 Å². The molecule has 0 aromatic rings. The molecule has 0 unspecified atom stereocenters. The van der Waals surface area contributed by atoms with Gasteiger partial charge in [0, 0.05) is 17.0 Å². The average molecular weight is 333 g/mol. The Balaban J connectivity index is 2.55. The van der Waals surface area contributed by atoms with Crippen molar-refractivity contribution in [3.05, 3.63) is 0 Å². The van der Waals surface area contributed by atoms with Crippen molar-refractivity contribution >= 4 is 29.9 Å². The zero-order valence-corrected chi connectivity index (χ0v) is 13.4. The molecule has 1 saturated heterocycles. The maximum absolute atomic E-state index is 11.5. The van der Waals surface area contributed by atoms with Gasteiger partial charge >= 0.3 is 12.2 Å². The van der Waals surface area contributed by atoms with E-state index in [1.165, 1.54) is 14.2 Å². The summed E-state index contributed by atoms with van der Waals surface area (Å²) in [7, 11) is 2.55. The number of unbranched alkanes of at least 4 members (excludes halogenated alkanes) is 1. The molecule has 0 radical (unpaired) electrons. The van der Waals surface area contributed by atoms with Gasteiger partial charge in [-0.15, -0.1) is 0 Å². The smallest absolute Gasteiger partial charge is 0.407 e. The fourth-order valence-electron chi connectivity index (χ4n) is 2.30. The van der Waals surface area contributed by atoms with Gasteiger partial charge in [0.05, 0.1) is 26.3 Å². The van der Waals surface area contributed by atoms with E-state index < -0.39 is 18.2 Å². The fraction of sp³-hybridized carbons (Fsp3) is 0.769. The van der Waals surface area contributed by atoms with Gasteiger partial charge in [-0.2, -0.15) is 11.8 Å². The van der Waals surface area contributed by atoms with Crippen molar-refractivity contribution in [1.29, 1.82) is 0 Å². The molecule has 9 heteroatoms. The second-order valence-corrected chi connectivity index (χ2v) is 6.17. The summed E-state index contributed by atoms with van der Waals surface area (Å²) >= 11 is 1.62. The van der Waals surface area contributed by atoms with Crippen LogP contribution in [0.2, 0.25) is 0 Å². The Labute approximate surface area is 133 Å². The molecule has 22 heavy (non-hydrogen) atoms. The molecule has 2 amide bonds. The number of rotatable bonds is 7. The molecule has 1 rings (SSSR count). The molecule has 0 aromatic carbocycles.